The normalized spacial score (nSPS) is 25.6. The molecule has 2 atom stereocenters. The highest BCUT2D eigenvalue weighted by Gasteiger charge is 2.19. The van der Waals surface area contributed by atoms with Crippen molar-refractivity contribution in [1.29, 1.82) is 0 Å². The second-order valence-corrected chi connectivity index (χ2v) is 6.44. The fraction of sp³-hybridized carbons (Fsp3) is 0.929. The minimum atomic E-state index is -0.399. The minimum absolute atomic E-state index is 0.0846. The Hall–Kier alpha value is -0.570. The van der Waals surface area contributed by atoms with E-state index in [1.54, 1.807) is 0 Å². The van der Waals surface area contributed by atoms with E-state index in [1.165, 1.54) is 25.7 Å². The first-order valence-corrected chi connectivity index (χ1v) is 6.92. The zero-order valence-electron chi connectivity index (χ0n) is 11.6. The summed E-state index contributed by atoms with van der Waals surface area (Å²) in [4.78, 5) is 11.6. The van der Waals surface area contributed by atoms with Gasteiger partial charge in [-0.15, -0.1) is 0 Å². The molecule has 0 spiro atoms. The number of carbonyl (C=O) groups is 1. The van der Waals surface area contributed by atoms with Gasteiger partial charge in [0.05, 0.1) is 0 Å². The maximum atomic E-state index is 11.6. The highest BCUT2D eigenvalue weighted by Crippen LogP contribution is 2.30. The Morgan fingerprint density at radius 1 is 1.41 bits per heavy atom. The van der Waals surface area contributed by atoms with Gasteiger partial charge in [0, 0.05) is 18.5 Å². The van der Waals surface area contributed by atoms with Crippen LogP contribution in [0.5, 0.6) is 0 Å². The molecule has 0 aromatic carbocycles. The van der Waals surface area contributed by atoms with Gasteiger partial charge in [-0.25, -0.2) is 0 Å². The van der Waals surface area contributed by atoms with Gasteiger partial charge in [0.15, 0.2) is 0 Å². The standard InChI is InChI=1S/C14H28N2O/c1-11-5-4-6-12(9-11)7-8-16-13(17)10-14(2,3)15/h11-12H,4-10,15H2,1-3H3,(H,16,17). The molecule has 3 nitrogen and oxygen atoms in total. The molecule has 1 saturated carbocycles. The molecule has 0 heterocycles. The van der Waals surface area contributed by atoms with E-state index in [0.29, 0.717) is 6.42 Å². The van der Waals surface area contributed by atoms with Crippen LogP contribution >= 0.6 is 0 Å². The largest absolute Gasteiger partial charge is 0.356 e. The van der Waals surface area contributed by atoms with E-state index < -0.39 is 5.54 Å². The van der Waals surface area contributed by atoms with Gasteiger partial charge < -0.3 is 11.1 Å². The average Bonchev–Trinajstić information content (AvgIpc) is 2.14. The highest BCUT2D eigenvalue weighted by molar-refractivity contribution is 5.76. The summed E-state index contributed by atoms with van der Waals surface area (Å²) in [6, 6.07) is 0. The smallest absolute Gasteiger partial charge is 0.221 e. The minimum Gasteiger partial charge on any atom is -0.356 e. The van der Waals surface area contributed by atoms with Gasteiger partial charge >= 0.3 is 0 Å². The molecular weight excluding hydrogens is 212 g/mol. The van der Waals surface area contributed by atoms with Crippen molar-refractivity contribution >= 4 is 5.91 Å². The van der Waals surface area contributed by atoms with E-state index in [4.69, 9.17) is 5.73 Å². The second-order valence-electron chi connectivity index (χ2n) is 6.44. The Balaban J connectivity index is 2.13. The summed E-state index contributed by atoms with van der Waals surface area (Å²) < 4.78 is 0. The van der Waals surface area contributed by atoms with Gasteiger partial charge in [0.25, 0.3) is 0 Å². The predicted molar refractivity (Wildman–Crippen MR) is 71.6 cm³/mol. The zero-order valence-corrected chi connectivity index (χ0v) is 11.6. The predicted octanol–water partition coefficient (Wildman–Crippen LogP) is 2.45. The molecule has 0 saturated heterocycles. The Kier molecular flexibility index (Phi) is 5.44. The molecule has 1 rings (SSSR count). The lowest BCUT2D eigenvalue weighted by molar-refractivity contribution is -0.122. The van der Waals surface area contributed by atoms with Gasteiger partial charge in [-0.1, -0.05) is 26.2 Å². The zero-order chi connectivity index (χ0) is 12.9. The van der Waals surface area contributed by atoms with Crippen molar-refractivity contribution < 1.29 is 4.79 Å². The summed E-state index contributed by atoms with van der Waals surface area (Å²) in [6.07, 6.45) is 6.94. The van der Waals surface area contributed by atoms with Gasteiger partial charge in [-0.3, -0.25) is 4.79 Å². The lowest BCUT2D eigenvalue weighted by atomic mass is 9.81. The van der Waals surface area contributed by atoms with Crippen molar-refractivity contribution in [3.63, 3.8) is 0 Å². The van der Waals surface area contributed by atoms with E-state index in [9.17, 15) is 4.79 Å². The van der Waals surface area contributed by atoms with Crippen molar-refractivity contribution in [2.24, 2.45) is 17.6 Å². The van der Waals surface area contributed by atoms with Crippen LogP contribution in [-0.2, 0) is 4.79 Å². The molecule has 0 aliphatic heterocycles. The Morgan fingerprint density at radius 2 is 2.12 bits per heavy atom. The molecule has 0 aromatic rings. The monoisotopic (exact) mass is 240 g/mol. The summed E-state index contributed by atoms with van der Waals surface area (Å²) in [6.45, 7) is 6.92. The first kappa shape index (κ1) is 14.5. The van der Waals surface area contributed by atoms with Gasteiger partial charge in [0.2, 0.25) is 5.91 Å². The van der Waals surface area contributed by atoms with E-state index in [0.717, 1.165) is 24.8 Å². The summed E-state index contributed by atoms with van der Waals surface area (Å²) >= 11 is 0. The van der Waals surface area contributed by atoms with Crippen molar-refractivity contribution in [3.05, 3.63) is 0 Å². The van der Waals surface area contributed by atoms with Crippen LogP contribution in [0.4, 0.5) is 0 Å². The number of hydrogen-bond acceptors (Lipinski definition) is 2. The van der Waals surface area contributed by atoms with Crippen molar-refractivity contribution in [3.8, 4) is 0 Å². The first-order valence-electron chi connectivity index (χ1n) is 6.92. The van der Waals surface area contributed by atoms with E-state index in [-0.39, 0.29) is 5.91 Å². The molecule has 1 aliphatic rings. The van der Waals surface area contributed by atoms with Crippen LogP contribution in [-0.4, -0.2) is 18.0 Å². The molecule has 1 aliphatic carbocycles. The van der Waals surface area contributed by atoms with Crippen molar-refractivity contribution in [2.45, 2.75) is 64.8 Å². The third-order valence-electron chi connectivity index (χ3n) is 3.54. The summed E-state index contributed by atoms with van der Waals surface area (Å²) in [5, 5.41) is 2.98. The maximum absolute atomic E-state index is 11.6. The third-order valence-corrected chi connectivity index (χ3v) is 3.54. The Labute approximate surface area is 106 Å². The number of amides is 1. The van der Waals surface area contributed by atoms with Gasteiger partial charge in [0.1, 0.15) is 0 Å². The number of nitrogens with one attached hydrogen (secondary N) is 1. The molecule has 2 unspecified atom stereocenters. The first-order chi connectivity index (χ1) is 7.87. The number of nitrogens with two attached hydrogens (primary N) is 1. The molecule has 17 heavy (non-hydrogen) atoms. The summed E-state index contributed by atoms with van der Waals surface area (Å²) in [5.74, 6) is 1.76. The van der Waals surface area contributed by atoms with E-state index >= 15 is 0 Å². The van der Waals surface area contributed by atoms with Gasteiger partial charge in [-0.05, 0) is 38.5 Å². The van der Waals surface area contributed by atoms with Crippen LogP contribution in [0.1, 0.15) is 59.3 Å². The highest BCUT2D eigenvalue weighted by atomic mass is 16.1. The molecule has 1 amide bonds. The van der Waals surface area contributed by atoms with Crippen LogP contribution in [0.3, 0.4) is 0 Å². The maximum Gasteiger partial charge on any atom is 0.221 e. The van der Waals surface area contributed by atoms with E-state index in [1.807, 2.05) is 13.8 Å². The van der Waals surface area contributed by atoms with Crippen LogP contribution in [0.2, 0.25) is 0 Å². The van der Waals surface area contributed by atoms with Crippen LogP contribution in [0.15, 0.2) is 0 Å². The fourth-order valence-corrected chi connectivity index (χ4v) is 2.71. The fourth-order valence-electron chi connectivity index (χ4n) is 2.71. The number of carbonyl (C=O) groups excluding carboxylic acids is 1. The molecule has 3 N–H and O–H groups in total. The summed E-state index contributed by atoms with van der Waals surface area (Å²) in [5.41, 5.74) is 5.41. The quantitative estimate of drug-likeness (QED) is 0.775. The molecule has 0 radical (unpaired) electrons. The molecule has 1 fully saturated rings. The second kappa shape index (κ2) is 6.39. The van der Waals surface area contributed by atoms with E-state index in [2.05, 4.69) is 12.2 Å². The number of hydrogen-bond donors (Lipinski definition) is 2. The van der Waals surface area contributed by atoms with Crippen molar-refractivity contribution in [2.75, 3.05) is 6.54 Å². The molecule has 0 aromatic heterocycles. The van der Waals surface area contributed by atoms with Gasteiger partial charge in [-0.2, -0.15) is 0 Å². The lowest BCUT2D eigenvalue weighted by Gasteiger charge is -2.26. The molecule has 100 valence electrons. The Bertz CT molecular complexity index is 245. The lowest BCUT2D eigenvalue weighted by Crippen LogP contribution is -2.39. The average molecular weight is 240 g/mol. The third kappa shape index (κ3) is 6.67. The van der Waals surface area contributed by atoms with Crippen LogP contribution < -0.4 is 11.1 Å². The summed E-state index contributed by atoms with van der Waals surface area (Å²) in [7, 11) is 0. The van der Waals surface area contributed by atoms with Crippen molar-refractivity contribution in [1.82, 2.24) is 5.32 Å². The number of rotatable bonds is 5. The SMILES string of the molecule is CC1CCCC(CCNC(=O)CC(C)(C)N)C1. The molecule has 0 bridgehead atoms. The van der Waals surface area contributed by atoms with Crippen LogP contribution in [0.25, 0.3) is 0 Å². The topological polar surface area (TPSA) is 55.1 Å². The Morgan fingerprint density at radius 3 is 2.71 bits per heavy atom. The van der Waals surface area contributed by atoms with Crippen LogP contribution in [0, 0.1) is 11.8 Å². The molecule has 3 heteroatoms. The molecular formula is C14H28N2O.